The Hall–Kier alpha value is -0.780. The summed E-state index contributed by atoms with van der Waals surface area (Å²) in [7, 11) is 0. The zero-order chi connectivity index (χ0) is 13.1. The lowest BCUT2D eigenvalue weighted by Crippen LogP contribution is -2.21. The highest BCUT2D eigenvalue weighted by molar-refractivity contribution is 9.10. The molecule has 0 aliphatic heterocycles. The monoisotopic (exact) mass is 325 g/mol. The van der Waals surface area contributed by atoms with Crippen LogP contribution in [0, 0.1) is 6.92 Å². The van der Waals surface area contributed by atoms with Gasteiger partial charge in [-0.15, -0.1) is 10.2 Å². The zero-order valence-electron chi connectivity index (χ0n) is 10.7. The van der Waals surface area contributed by atoms with Gasteiger partial charge in [0.25, 0.3) is 0 Å². The fourth-order valence-electron chi connectivity index (χ4n) is 1.56. The van der Waals surface area contributed by atoms with Gasteiger partial charge in [-0.05, 0) is 18.6 Å². The van der Waals surface area contributed by atoms with E-state index in [0.717, 1.165) is 26.6 Å². The molecule has 0 amide bonds. The standard InChI is InChI=1S/C13H16BrN3S/c1-8(2)15-7-12-16-17-13(18-12)10-5-4-6-11(14)9(10)3/h4-6,8,15H,7H2,1-3H3. The molecule has 96 valence electrons. The van der Waals surface area contributed by atoms with Crippen LogP contribution in [0.2, 0.25) is 0 Å². The third-order valence-corrected chi connectivity index (χ3v) is 4.44. The smallest absolute Gasteiger partial charge is 0.148 e. The minimum absolute atomic E-state index is 0.463. The molecular formula is C13H16BrN3S. The molecule has 0 unspecified atom stereocenters. The van der Waals surface area contributed by atoms with Gasteiger partial charge in [0, 0.05) is 22.6 Å². The average molecular weight is 326 g/mol. The summed E-state index contributed by atoms with van der Waals surface area (Å²) in [4.78, 5) is 0. The third kappa shape index (κ3) is 3.16. The lowest BCUT2D eigenvalue weighted by atomic mass is 10.1. The molecule has 0 aliphatic rings. The summed E-state index contributed by atoms with van der Waals surface area (Å²) < 4.78 is 1.11. The summed E-state index contributed by atoms with van der Waals surface area (Å²) in [6.07, 6.45) is 0. The molecule has 0 atom stereocenters. The van der Waals surface area contributed by atoms with Gasteiger partial charge in [0.15, 0.2) is 0 Å². The second-order valence-electron chi connectivity index (χ2n) is 4.45. The van der Waals surface area contributed by atoms with Crippen molar-refractivity contribution < 1.29 is 0 Å². The van der Waals surface area contributed by atoms with E-state index in [4.69, 9.17) is 0 Å². The van der Waals surface area contributed by atoms with Crippen LogP contribution in [0.5, 0.6) is 0 Å². The summed E-state index contributed by atoms with van der Waals surface area (Å²) in [5, 5.41) is 13.9. The molecular weight excluding hydrogens is 310 g/mol. The highest BCUT2D eigenvalue weighted by atomic mass is 79.9. The van der Waals surface area contributed by atoms with Crippen molar-refractivity contribution in [2.24, 2.45) is 0 Å². The Bertz CT molecular complexity index is 537. The van der Waals surface area contributed by atoms with Gasteiger partial charge < -0.3 is 5.32 Å². The average Bonchev–Trinajstić information content (AvgIpc) is 2.78. The van der Waals surface area contributed by atoms with E-state index in [1.54, 1.807) is 11.3 Å². The molecule has 0 bridgehead atoms. The van der Waals surface area contributed by atoms with Gasteiger partial charge >= 0.3 is 0 Å². The van der Waals surface area contributed by atoms with Gasteiger partial charge in [0.1, 0.15) is 10.0 Å². The number of hydrogen-bond donors (Lipinski definition) is 1. The van der Waals surface area contributed by atoms with Gasteiger partial charge in [0.2, 0.25) is 0 Å². The summed E-state index contributed by atoms with van der Waals surface area (Å²) in [6.45, 7) is 7.12. The molecule has 0 saturated heterocycles. The normalized spacial score (nSPS) is 11.2. The molecule has 1 N–H and O–H groups in total. The van der Waals surface area contributed by atoms with Crippen molar-refractivity contribution in [1.82, 2.24) is 15.5 Å². The van der Waals surface area contributed by atoms with Gasteiger partial charge in [-0.2, -0.15) is 0 Å². The SMILES string of the molecule is Cc1c(Br)cccc1-c1nnc(CNC(C)C)s1. The third-order valence-electron chi connectivity index (χ3n) is 2.63. The lowest BCUT2D eigenvalue weighted by Gasteiger charge is -2.04. The first-order chi connectivity index (χ1) is 8.58. The molecule has 5 heteroatoms. The summed E-state index contributed by atoms with van der Waals surface area (Å²) in [6, 6.07) is 6.62. The van der Waals surface area contributed by atoms with Crippen molar-refractivity contribution in [3.63, 3.8) is 0 Å². The molecule has 1 aromatic carbocycles. The Labute approximate surface area is 120 Å². The highest BCUT2D eigenvalue weighted by Gasteiger charge is 2.10. The number of hydrogen-bond acceptors (Lipinski definition) is 4. The quantitative estimate of drug-likeness (QED) is 0.929. The molecule has 0 saturated carbocycles. The van der Waals surface area contributed by atoms with Gasteiger partial charge in [-0.25, -0.2) is 0 Å². The van der Waals surface area contributed by atoms with Crippen molar-refractivity contribution in [2.75, 3.05) is 0 Å². The molecule has 3 nitrogen and oxygen atoms in total. The van der Waals surface area contributed by atoms with Crippen LogP contribution in [0.25, 0.3) is 10.6 Å². The van der Waals surface area contributed by atoms with E-state index in [-0.39, 0.29) is 0 Å². The van der Waals surface area contributed by atoms with E-state index in [0.29, 0.717) is 6.04 Å². The van der Waals surface area contributed by atoms with Crippen LogP contribution in [0.3, 0.4) is 0 Å². The Kier molecular flexibility index (Phi) is 4.48. The summed E-state index contributed by atoms with van der Waals surface area (Å²) >= 11 is 5.19. The van der Waals surface area contributed by atoms with E-state index >= 15 is 0 Å². The maximum Gasteiger partial charge on any atom is 0.148 e. The van der Waals surface area contributed by atoms with Crippen LogP contribution in [0.15, 0.2) is 22.7 Å². The van der Waals surface area contributed by atoms with Crippen molar-refractivity contribution in [2.45, 2.75) is 33.4 Å². The number of aromatic nitrogens is 2. The Morgan fingerprint density at radius 2 is 2.11 bits per heavy atom. The largest absolute Gasteiger partial charge is 0.308 e. The van der Waals surface area contributed by atoms with E-state index < -0.39 is 0 Å². The van der Waals surface area contributed by atoms with Crippen molar-refractivity contribution in [3.8, 4) is 10.6 Å². The minimum atomic E-state index is 0.463. The number of benzene rings is 1. The van der Waals surface area contributed by atoms with Crippen LogP contribution in [0.4, 0.5) is 0 Å². The number of nitrogens with zero attached hydrogens (tertiary/aromatic N) is 2. The first-order valence-corrected chi connectivity index (χ1v) is 7.50. The minimum Gasteiger partial charge on any atom is -0.308 e. The number of nitrogens with one attached hydrogen (secondary N) is 1. The maximum absolute atomic E-state index is 4.27. The topological polar surface area (TPSA) is 37.8 Å². The summed E-state index contributed by atoms with van der Waals surface area (Å²) in [5.41, 5.74) is 2.36. The molecule has 0 radical (unpaired) electrons. The second-order valence-corrected chi connectivity index (χ2v) is 6.37. The van der Waals surface area contributed by atoms with Crippen LogP contribution < -0.4 is 5.32 Å². The second kappa shape index (κ2) is 5.91. The van der Waals surface area contributed by atoms with E-state index in [9.17, 15) is 0 Å². The van der Waals surface area contributed by atoms with Gasteiger partial charge in [0.05, 0.1) is 0 Å². The van der Waals surface area contributed by atoms with Crippen LogP contribution in [-0.2, 0) is 6.54 Å². The predicted molar refractivity (Wildman–Crippen MR) is 79.8 cm³/mol. The van der Waals surface area contributed by atoms with Crippen LogP contribution in [-0.4, -0.2) is 16.2 Å². The fourth-order valence-corrected chi connectivity index (χ4v) is 2.80. The predicted octanol–water partition coefficient (Wildman–Crippen LogP) is 3.77. The van der Waals surface area contributed by atoms with Crippen molar-refractivity contribution >= 4 is 27.3 Å². The molecule has 1 heterocycles. The van der Waals surface area contributed by atoms with E-state index in [1.807, 2.05) is 12.1 Å². The molecule has 18 heavy (non-hydrogen) atoms. The fraction of sp³-hybridized carbons (Fsp3) is 0.385. The van der Waals surface area contributed by atoms with E-state index in [1.165, 1.54) is 5.56 Å². The molecule has 0 spiro atoms. The molecule has 2 aromatic rings. The molecule has 0 aliphatic carbocycles. The van der Waals surface area contributed by atoms with Gasteiger partial charge in [-0.1, -0.05) is 53.2 Å². The van der Waals surface area contributed by atoms with Crippen molar-refractivity contribution in [1.29, 1.82) is 0 Å². The van der Waals surface area contributed by atoms with Crippen LogP contribution in [0.1, 0.15) is 24.4 Å². The first-order valence-electron chi connectivity index (χ1n) is 5.89. The van der Waals surface area contributed by atoms with Crippen molar-refractivity contribution in [3.05, 3.63) is 33.2 Å². The molecule has 1 aromatic heterocycles. The maximum atomic E-state index is 4.27. The van der Waals surface area contributed by atoms with Gasteiger partial charge in [-0.3, -0.25) is 0 Å². The molecule has 2 rings (SSSR count). The highest BCUT2D eigenvalue weighted by Crippen LogP contribution is 2.30. The zero-order valence-corrected chi connectivity index (χ0v) is 13.1. The lowest BCUT2D eigenvalue weighted by molar-refractivity contribution is 0.585. The van der Waals surface area contributed by atoms with Crippen LogP contribution >= 0.6 is 27.3 Å². The Balaban J connectivity index is 2.21. The first kappa shape index (κ1) is 13.6. The van der Waals surface area contributed by atoms with E-state index in [2.05, 4.69) is 58.3 Å². The number of rotatable bonds is 4. The Morgan fingerprint density at radius 3 is 2.83 bits per heavy atom. The molecule has 0 fully saturated rings. The summed E-state index contributed by atoms with van der Waals surface area (Å²) in [5.74, 6) is 0. The Morgan fingerprint density at radius 1 is 1.33 bits per heavy atom. The number of halogens is 1.